The van der Waals surface area contributed by atoms with Crippen LogP contribution in [-0.2, 0) is 0 Å². The highest BCUT2D eigenvalue weighted by atomic mass is 16.1. The van der Waals surface area contributed by atoms with Gasteiger partial charge in [0.05, 0.1) is 0 Å². The summed E-state index contributed by atoms with van der Waals surface area (Å²) in [5.74, 6) is 0. The number of carbonyl (C=O) groups is 1. The number of benzene rings is 2. The molecule has 0 fully saturated rings. The number of hydrogen-bond donors (Lipinski definition) is 1. The normalized spacial score (nSPS) is 10.2. The van der Waals surface area contributed by atoms with Crippen molar-refractivity contribution < 1.29 is 4.79 Å². The molecule has 0 amide bonds. The molecule has 2 N–H and O–H groups in total. The smallest absolute Gasteiger partial charge is 0.150 e. The van der Waals surface area contributed by atoms with Crippen molar-refractivity contribution in [3.05, 3.63) is 42.0 Å². The number of nitrogens with two attached hydrogens (primary N) is 1. The van der Waals surface area contributed by atoms with E-state index >= 15 is 0 Å². The molecule has 0 aromatic heterocycles. The second-order valence-electron chi connectivity index (χ2n) is 2.95. The number of fused-ring (bicyclic) bond motifs is 1. The van der Waals surface area contributed by atoms with Crippen LogP contribution < -0.4 is 5.73 Å². The van der Waals surface area contributed by atoms with Crippen LogP contribution in [0.15, 0.2) is 36.4 Å². The zero-order valence-corrected chi connectivity index (χ0v) is 7.03. The molecule has 2 rings (SSSR count). The molecule has 0 atom stereocenters. The molecule has 0 bridgehead atoms. The van der Waals surface area contributed by atoms with Crippen molar-refractivity contribution in [3.63, 3.8) is 0 Å². The summed E-state index contributed by atoms with van der Waals surface area (Å²) in [7, 11) is 0. The summed E-state index contributed by atoms with van der Waals surface area (Å²) >= 11 is 0. The van der Waals surface area contributed by atoms with Crippen LogP contribution in [0.2, 0.25) is 0 Å². The molecule has 0 spiro atoms. The summed E-state index contributed by atoms with van der Waals surface area (Å²) in [5.41, 5.74) is 7.13. The predicted molar refractivity (Wildman–Crippen MR) is 53.7 cm³/mol. The van der Waals surface area contributed by atoms with Gasteiger partial charge in [-0.2, -0.15) is 0 Å². The van der Waals surface area contributed by atoms with Crippen LogP contribution in [0, 0.1) is 0 Å². The van der Waals surface area contributed by atoms with E-state index in [-0.39, 0.29) is 0 Å². The average molecular weight is 171 g/mol. The number of hydrogen-bond acceptors (Lipinski definition) is 2. The van der Waals surface area contributed by atoms with Crippen molar-refractivity contribution in [2.75, 3.05) is 5.73 Å². The Morgan fingerprint density at radius 2 is 2.00 bits per heavy atom. The molecule has 0 aliphatic heterocycles. The van der Waals surface area contributed by atoms with Crippen molar-refractivity contribution in [1.29, 1.82) is 0 Å². The van der Waals surface area contributed by atoms with Crippen molar-refractivity contribution >= 4 is 22.7 Å². The third kappa shape index (κ3) is 1.26. The first-order chi connectivity index (χ1) is 6.31. The van der Waals surface area contributed by atoms with E-state index in [1.54, 1.807) is 12.1 Å². The van der Waals surface area contributed by atoms with Gasteiger partial charge in [-0.3, -0.25) is 4.79 Å². The monoisotopic (exact) mass is 171 g/mol. The third-order valence-corrected chi connectivity index (χ3v) is 2.08. The Morgan fingerprint density at radius 3 is 2.77 bits per heavy atom. The Bertz CT molecular complexity index is 463. The summed E-state index contributed by atoms with van der Waals surface area (Å²) in [6.45, 7) is 0. The molecular weight excluding hydrogens is 162 g/mol. The third-order valence-electron chi connectivity index (χ3n) is 2.08. The highest BCUT2D eigenvalue weighted by molar-refractivity contribution is 5.96. The van der Waals surface area contributed by atoms with Gasteiger partial charge in [0.25, 0.3) is 0 Å². The van der Waals surface area contributed by atoms with Gasteiger partial charge in [-0.1, -0.05) is 24.3 Å². The van der Waals surface area contributed by atoms with Crippen molar-refractivity contribution in [1.82, 2.24) is 0 Å². The summed E-state index contributed by atoms with van der Waals surface area (Å²) in [6.07, 6.45) is 0.825. The molecule has 13 heavy (non-hydrogen) atoms. The lowest BCUT2D eigenvalue weighted by atomic mass is 10.1. The summed E-state index contributed by atoms with van der Waals surface area (Å²) in [6, 6.07) is 11.2. The Hall–Kier alpha value is -1.83. The zero-order chi connectivity index (χ0) is 9.26. The summed E-state index contributed by atoms with van der Waals surface area (Å²) in [5, 5.41) is 2.00. The molecule has 0 saturated heterocycles. The van der Waals surface area contributed by atoms with Crippen LogP contribution in [0.1, 0.15) is 10.4 Å². The van der Waals surface area contributed by atoms with Crippen LogP contribution in [0.5, 0.6) is 0 Å². The van der Waals surface area contributed by atoms with Crippen LogP contribution in [0.4, 0.5) is 5.69 Å². The maximum Gasteiger partial charge on any atom is 0.150 e. The van der Waals surface area contributed by atoms with Gasteiger partial charge in [0.1, 0.15) is 6.29 Å². The fraction of sp³-hybridized carbons (Fsp3) is 0. The minimum absolute atomic E-state index is 0.658. The predicted octanol–water partition coefficient (Wildman–Crippen LogP) is 2.23. The second kappa shape index (κ2) is 2.90. The first-order valence-corrected chi connectivity index (χ1v) is 4.05. The van der Waals surface area contributed by atoms with E-state index in [9.17, 15) is 4.79 Å². The maximum absolute atomic E-state index is 10.5. The molecule has 2 aromatic rings. The molecule has 0 aliphatic carbocycles. The fourth-order valence-corrected chi connectivity index (χ4v) is 1.39. The first kappa shape index (κ1) is 7.80. The molecule has 0 saturated carbocycles. The first-order valence-electron chi connectivity index (χ1n) is 4.05. The minimum atomic E-state index is 0.658. The molecule has 0 radical (unpaired) electrons. The Morgan fingerprint density at radius 1 is 1.15 bits per heavy atom. The summed E-state index contributed by atoms with van der Waals surface area (Å²) < 4.78 is 0. The van der Waals surface area contributed by atoms with Crippen LogP contribution in [-0.4, -0.2) is 6.29 Å². The van der Waals surface area contributed by atoms with E-state index in [1.807, 2.05) is 24.3 Å². The van der Waals surface area contributed by atoms with Gasteiger partial charge >= 0.3 is 0 Å². The highest BCUT2D eigenvalue weighted by Crippen LogP contribution is 2.21. The number of aldehydes is 1. The van der Waals surface area contributed by atoms with Gasteiger partial charge < -0.3 is 5.73 Å². The quantitative estimate of drug-likeness (QED) is 0.528. The molecule has 2 aromatic carbocycles. The fourth-order valence-electron chi connectivity index (χ4n) is 1.39. The highest BCUT2D eigenvalue weighted by Gasteiger charge is 1.97. The molecular formula is C11H9NO. The molecule has 2 heteroatoms. The van der Waals surface area contributed by atoms with Crippen molar-refractivity contribution in [2.45, 2.75) is 0 Å². The number of anilines is 1. The van der Waals surface area contributed by atoms with Crippen LogP contribution in [0.3, 0.4) is 0 Å². The maximum atomic E-state index is 10.5. The van der Waals surface area contributed by atoms with Gasteiger partial charge in [0.2, 0.25) is 0 Å². The second-order valence-corrected chi connectivity index (χ2v) is 2.95. The lowest BCUT2D eigenvalue weighted by Gasteiger charge is -2.01. The molecule has 0 heterocycles. The van der Waals surface area contributed by atoms with Crippen molar-refractivity contribution in [3.8, 4) is 0 Å². The zero-order valence-electron chi connectivity index (χ0n) is 7.03. The lowest BCUT2D eigenvalue weighted by Crippen LogP contribution is -1.87. The van der Waals surface area contributed by atoms with E-state index in [2.05, 4.69) is 0 Å². The SMILES string of the molecule is Nc1cccc2ccc(C=O)cc12. The van der Waals surface area contributed by atoms with Gasteiger partial charge in [-0.05, 0) is 17.5 Å². The van der Waals surface area contributed by atoms with E-state index in [1.165, 1.54) is 0 Å². The topological polar surface area (TPSA) is 43.1 Å². The minimum Gasteiger partial charge on any atom is -0.398 e. The van der Waals surface area contributed by atoms with E-state index in [0.29, 0.717) is 11.3 Å². The van der Waals surface area contributed by atoms with Gasteiger partial charge in [-0.15, -0.1) is 0 Å². The van der Waals surface area contributed by atoms with Crippen LogP contribution in [0.25, 0.3) is 10.8 Å². The van der Waals surface area contributed by atoms with E-state index in [0.717, 1.165) is 17.1 Å². The van der Waals surface area contributed by atoms with Crippen LogP contribution >= 0.6 is 0 Å². The van der Waals surface area contributed by atoms with E-state index < -0.39 is 0 Å². The van der Waals surface area contributed by atoms with Gasteiger partial charge in [0, 0.05) is 16.6 Å². The lowest BCUT2D eigenvalue weighted by molar-refractivity contribution is 0.112. The van der Waals surface area contributed by atoms with Crippen molar-refractivity contribution in [2.24, 2.45) is 0 Å². The summed E-state index contributed by atoms with van der Waals surface area (Å²) in [4.78, 5) is 10.5. The standard InChI is InChI=1S/C11H9NO/c12-11-3-1-2-9-5-4-8(7-13)6-10(9)11/h1-7H,12H2. The van der Waals surface area contributed by atoms with Gasteiger partial charge in [-0.25, -0.2) is 0 Å². The Labute approximate surface area is 76.0 Å². The number of nitrogen functional groups attached to an aromatic ring is 1. The number of carbonyl (C=O) groups excluding carboxylic acids is 1. The molecule has 2 nitrogen and oxygen atoms in total. The largest absolute Gasteiger partial charge is 0.398 e. The van der Waals surface area contributed by atoms with E-state index in [4.69, 9.17) is 5.73 Å². The Balaban J connectivity index is 2.81. The molecule has 0 aliphatic rings. The van der Waals surface area contributed by atoms with Gasteiger partial charge in [0.15, 0.2) is 0 Å². The Kier molecular flexibility index (Phi) is 1.74. The molecule has 0 unspecified atom stereocenters. The average Bonchev–Trinajstić information content (AvgIpc) is 2.18. The molecule has 64 valence electrons. The number of rotatable bonds is 1.